The highest BCUT2D eigenvalue weighted by Crippen LogP contribution is 2.28. The van der Waals surface area contributed by atoms with Gasteiger partial charge in [0.1, 0.15) is 0 Å². The van der Waals surface area contributed by atoms with E-state index in [1.54, 1.807) is 0 Å². The molecule has 1 amide bonds. The number of nitrogens with one attached hydrogen (secondary N) is 2. The Morgan fingerprint density at radius 1 is 0.732 bits per heavy atom. The summed E-state index contributed by atoms with van der Waals surface area (Å²) in [5.41, 5.74) is 2.61. The van der Waals surface area contributed by atoms with Gasteiger partial charge in [-0.3, -0.25) is 4.79 Å². The number of amides is 1. The zero-order chi connectivity index (χ0) is 28.8. The first kappa shape index (κ1) is 32.5. The zero-order valence-corrected chi connectivity index (χ0v) is 25.8. The molecule has 0 fully saturated rings. The van der Waals surface area contributed by atoms with Crippen LogP contribution in [0.5, 0.6) is 0 Å². The zero-order valence-electron chi connectivity index (χ0n) is 25.0. The van der Waals surface area contributed by atoms with Crippen LogP contribution in [0.1, 0.15) is 120 Å². The minimum Gasteiger partial charge on any atom is -0.360 e. The van der Waals surface area contributed by atoms with E-state index in [1.807, 2.05) is 0 Å². The number of carbonyl (C=O) groups is 1. The second kappa shape index (κ2) is 20.8. The van der Waals surface area contributed by atoms with Gasteiger partial charge in [-0.1, -0.05) is 142 Å². The van der Waals surface area contributed by atoms with Crippen molar-refractivity contribution in [3.8, 4) is 0 Å². The van der Waals surface area contributed by atoms with Crippen molar-refractivity contribution in [2.45, 2.75) is 109 Å². The van der Waals surface area contributed by atoms with Gasteiger partial charge < -0.3 is 10.6 Å². The summed E-state index contributed by atoms with van der Waals surface area (Å²) < 4.78 is 0. The first-order valence-corrected chi connectivity index (χ1v) is 16.7. The average Bonchev–Trinajstić information content (AvgIpc) is 3.45. The second-order valence-electron chi connectivity index (χ2n) is 10.9. The van der Waals surface area contributed by atoms with Crippen molar-refractivity contribution in [3.63, 3.8) is 0 Å². The van der Waals surface area contributed by atoms with Crippen LogP contribution in [0, 0.1) is 0 Å². The minimum absolute atomic E-state index is 0.0264. The lowest BCUT2D eigenvalue weighted by Crippen LogP contribution is -2.10. The Labute approximate surface area is 252 Å². The monoisotopic (exact) mass is 574 g/mol. The predicted octanol–water partition coefficient (Wildman–Crippen LogP) is 10.1. The average molecular weight is 575 g/mol. The highest BCUT2D eigenvalue weighted by Gasteiger charge is 2.14. The molecule has 5 nitrogen and oxygen atoms in total. The van der Waals surface area contributed by atoms with Crippen LogP contribution in [-0.2, 0) is 4.79 Å². The van der Waals surface area contributed by atoms with Crippen LogP contribution in [0.3, 0.4) is 0 Å². The number of allylic oxidation sites excluding steroid dienone is 2. The van der Waals surface area contributed by atoms with Gasteiger partial charge in [0.05, 0.1) is 0 Å². The summed E-state index contributed by atoms with van der Waals surface area (Å²) in [4.78, 5) is 12.4. The number of carbonyl (C=O) groups excluding carboxylic acids is 1. The fourth-order valence-electron chi connectivity index (χ4n) is 5.10. The molecule has 0 radical (unpaired) electrons. The normalized spacial score (nSPS) is 11.4. The van der Waals surface area contributed by atoms with Crippen LogP contribution in [0.25, 0.3) is 0 Å². The number of aromatic nitrogens is 2. The van der Waals surface area contributed by atoms with Gasteiger partial charge in [0.25, 0.3) is 0 Å². The molecule has 1 heterocycles. The smallest absolute Gasteiger partial charge is 0.226 e. The van der Waals surface area contributed by atoms with E-state index in [0.717, 1.165) is 30.9 Å². The molecule has 0 saturated carbocycles. The molecule has 0 atom stereocenters. The van der Waals surface area contributed by atoms with Gasteiger partial charge in [-0.15, -0.1) is 10.2 Å². The largest absolute Gasteiger partial charge is 0.360 e. The van der Waals surface area contributed by atoms with Crippen molar-refractivity contribution in [1.29, 1.82) is 0 Å². The Kier molecular flexibility index (Phi) is 16.5. The summed E-state index contributed by atoms with van der Waals surface area (Å²) >= 11 is 1.40. The lowest BCUT2D eigenvalue weighted by Gasteiger charge is -2.18. The predicted molar refractivity (Wildman–Crippen MR) is 176 cm³/mol. The number of hydrogen-bond acceptors (Lipinski definition) is 5. The van der Waals surface area contributed by atoms with Gasteiger partial charge >= 0.3 is 0 Å². The van der Waals surface area contributed by atoms with Crippen LogP contribution in [0.2, 0.25) is 0 Å². The van der Waals surface area contributed by atoms with Crippen molar-refractivity contribution in [1.82, 2.24) is 10.2 Å². The van der Waals surface area contributed by atoms with Gasteiger partial charge in [0.2, 0.25) is 16.2 Å². The van der Waals surface area contributed by atoms with Gasteiger partial charge in [-0.25, -0.2) is 0 Å². The maximum absolute atomic E-state index is 12.4. The third-order valence-corrected chi connectivity index (χ3v) is 8.25. The quantitative estimate of drug-likeness (QED) is 0.0925. The SMILES string of the molecule is CCCCCCCC/C=C/CCCCCCCC(=O)Nc1nnc(NCCC(c2ccccc2)c2ccccc2)s1. The number of nitrogens with zero attached hydrogens (tertiary/aromatic N) is 2. The third kappa shape index (κ3) is 14.0. The Balaban J connectivity index is 1.23. The maximum atomic E-state index is 12.4. The molecular weight excluding hydrogens is 524 g/mol. The van der Waals surface area contributed by atoms with Crippen molar-refractivity contribution in [3.05, 3.63) is 83.9 Å². The van der Waals surface area contributed by atoms with E-state index in [2.05, 4.69) is 101 Å². The molecule has 0 unspecified atom stereocenters. The van der Waals surface area contributed by atoms with Crippen LogP contribution in [0.15, 0.2) is 72.8 Å². The summed E-state index contributed by atoms with van der Waals surface area (Å²) in [6, 6.07) is 21.2. The number of hydrogen-bond donors (Lipinski definition) is 2. The van der Waals surface area contributed by atoms with Gasteiger partial charge in [0.15, 0.2) is 0 Å². The Bertz CT molecular complexity index is 1060. The molecule has 0 aliphatic heterocycles. The molecule has 2 aromatic carbocycles. The van der Waals surface area contributed by atoms with Gasteiger partial charge in [-0.2, -0.15) is 0 Å². The Morgan fingerprint density at radius 3 is 1.88 bits per heavy atom. The number of anilines is 2. The van der Waals surface area contributed by atoms with E-state index in [9.17, 15) is 4.79 Å². The van der Waals surface area contributed by atoms with E-state index in [4.69, 9.17) is 0 Å². The van der Waals surface area contributed by atoms with Crippen molar-refractivity contribution in [2.75, 3.05) is 17.2 Å². The molecular formula is C35H50N4OS. The Morgan fingerprint density at radius 2 is 1.27 bits per heavy atom. The molecule has 6 heteroatoms. The number of unbranched alkanes of at least 4 members (excludes halogenated alkanes) is 11. The van der Waals surface area contributed by atoms with Crippen molar-refractivity contribution in [2.24, 2.45) is 0 Å². The third-order valence-electron chi connectivity index (χ3n) is 7.45. The molecule has 0 spiro atoms. The summed E-state index contributed by atoms with van der Waals surface area (Å²) in [5.74, 6) is 0.335. The maximum Gasteiger partial charge on any atom is 0.226 e. The van der Waals surface area contributed by atoms with E-state index < -0.39 is 0 Å². The lowest BCUT2D eigenvalue weighted by atomic mass is 9.88. The second-order valence-corrected chi connectivity index (χ2v) is 11.9. The summed E-state index contributed by atoms with van der Waals surface area (Å²) in [5, 5.41) is 16.0. The summed E-state index contributed by atoms with van der Waals surface area (Å²) in [6.07, 6.45) is 22.5. The van der Waals surface area contributed by atoms with Crippen LogP contribution in [0.4, 0.5) is 10.3 Å². The number of rotatable bonds is 22. The topological polar surface area (TPSA) is 66.9 Å². The summed E-state index contributed by atoms with van der Waals surface area (Å²) in [7, 11) is 0. The van der Waals surface area contributed by atoms with Crippen LogP contribution >= 0.6 is 11.3 Å². The fraction of sp³-hybridized carbons (Fsp3) is 0.514. The molecule has 222 valence electrons. The molecule has 0 aliphatic rings. The molecule has 3 rings (SSSR count). The lowest BCUT2D eigenvalue weighted by molar-refractivity contribution is -0.116. The molecule has 41 heavy (non-hydrogen) atoms. The first-order valence-electron chi connectivity index (χ1n) is 15.9. The molecule has 3 aromatic rings. The molecule has 1 aromatic heterocycles. The van der Waals surface area contributed by atoms with Crippen LogP contribution in [-0.4, -0.2) is 22.6 Å². The minimum atomic E-state index is 0.0264. The highest BCUT2D eigenvalue weighted by molar-refractivity contribution is 7.19. The summed E-state index contributed by atoms with van der Waals surface area (Å²) in [6.45, 7) is 3.04. The highest BCUT2D eigenvalue weighted by atomic mass is 32.1. The van der Waals surface area contributed by atoms with E-state index in [-0.39, 0.29) is 5.91 Å². The molecule has 2 N–H and O–H groups in total. The van der Waals surface area contributed by atoms with E-state index in [0.29, 0.717) is 17.5 Å². The fourth-order valence-corrected chi connectivity index (χ4v) is 5.79. The van der Waals surface area contributed by atoms with E-state index in [1.165, 1.54) is 93.1 Å². The standard InChI is InChI=1S/C35H50N4OS/c1-2-3-4-5-6-7-8-9-10-11-12-13-14-15-22-27-33(40)37-35-39-38-34(41-35)36-29-28-32(30-23-18-16-19-24-30)31-25-20-17-21-26-31/h9-10,16-21,23-26,32H,2-8,11-15,22,27-29H2,1H3,(H,36,38)(H,37,39,40)/b10-9+. The number of benzene rings is 2. The van der Waals surface area contributed by atoms with E-state index >= 15 is 0 Å². The molecule has 0 saturated heterocycles. The van der Waals surface area contributed by atoms with Crippen molar-refractivity contribution < 1.29 is 4.79 Å². The Hall–Kier alpha value is -2.99. The first-order chi connectivity index (χ1) is 20.3. The van der Waals surface area contributed by atoms with Crippen LogP contribution < -0.4 is 10.6 Å². The molecule has 0 aliphatic carbocycles. The van der Waals surface area contributed by atoms with Crippen molar-refractivity contribution >= 4 is 27.5 Å². The molecule has 0 bridgehead atoms. The van der Waals surface area contributed by atoms with Gasteiger partial charge in [0, 0.05) is 18.9 Å². The van der Waals surface area contributed by atoms with Gasteiger partial charge in [-0.05, 0) is 49.7 Å².